The van der Waals surface area contributed by atoms with E-state index in [4.69, 9.17) is 0 Å². The SMILES string of the molecule is [CH2]N(C(=O)NC)c1ccccc1. The highest BCUT2D eigenvalue weighted by Crippen LogP contribution is 2.11. The second kappa shape index (κ2) is 3.76. The molecule has 0 aliphatic rings. The maximum atomic E-state index is 11.1. The summed E-state index contributed by atoms with van der Waals surface area (Å²) in [5.74, 6) is 0. The summed E-state index contributed by atoms with van der Waals surface area (Å²) in [4.78, 5) is 12.4. The number of para-hydroxylation sites is 1. The number of nitrogens with zero attached hydrogens (tertiary/aromatic N) is 1. The van der Waals surface area contributed by atoms with Crippen molar-refractivity contribution in [2.45, 2.75) is 0 Å². The van der Waals surface area contributed by atoms with Crippen LogP contribution in [-0.4, -0.2) is 13.1 Å². The normalized spacial score (nSPS) is 9.17. The summed E-state index contributed by atoms with van der Waals surface area (Å²) >= 11 is 0. The number of hydrogen-bond donors (Lipinski definition) is 1. The standard InChI is InChI=1S/C9H11N2O/c1-10-9(12)11(2)8-6-4-3-5-7-8/h3-7H,2H2,1H3,(H,10,12). The Bertz CT molecular complexity index is 258. The van der Waals surface area contributed by atoms with Crippen molar-refractivity contribution in [2.75, 3.05) is 11.9 Å². The summed E-state index contributed by atoms with van der Waals surface area (Å²) in [6.07, 6.45) is 0. The average molecular weight is 163 g/mol. The van der Waals surface area contributed by atoms with Gasteiger partial charge in [0, 0.05) is 19.8 Å². The monoisotopic (exact) mass is 163 g/mol. The van der Waals surface area contributed by atoms with Crippen molar-refractivity contribution in [3.8, 4) is 0 Å². The molecule has 0 aliphatic heterocycles. The predicted molar refractivity (Wildman–Crippen MR) is 48.7 cm³/mol. The third kappa shape index (κ3) is 1.75. The molecule has 0 spiro atoms. The lowest BCUT2D eigenvalue weighted by Crippen LogP contribution is -2.33. The minimum atomic E-state index is -0.221. The zero-order chi connectivity index (χ0) is 8.97. The van der Waals surface area contributed by atoms with Crippen molar-refractivity contribution in [2.24, 2.45) is 0 Å². The van der Waals surface area contributed by atoms with E-state index < -0.39 is 0 Å². The summed E-state index contributed by atoms with van der Waals surface area (Å²) < 4.78 is 0. The van der Waals surface area contributed by atoms with Crippen molar-refractivity contribution in [3.63, 3.8) is 0 Å². The molecule has 0 saturated heterocycles. The molecule has 0 atom stereocenters. The number of urea groups is 1. The maximum Gasteiger partial charge on any atom is 0.321 e. The molecule has 1 aromatic carbocycles. The van der Waals surface area contributed by atoms with Gasteiger partial charge in [-0.2, -0.15) is 0 Å². The fourth-order valence-electron chi connectivity index (χ4n) is 0.860. The molecule has 12 heavy (non-hydrogen) atoms. The summed E-state index contributed by atoms with van der Waals surface area (Å²) in [5.41, 5.74) is 0.775. The first-order valence-corrected chi connectivity index (χ1v) is 3.63. The van der Waals surface area contributed by atoms with Crippen molar-refractivity contribution in [1.29, 1.82) is 0 Å². The lowest BCUT2D eigenvalue weighted by Gasteiger charge is -2.15. The van der Waals surface area contributed by atoms with Gasteiger partial charge in [-0.1, -0.05) is 18.2 Å². The number of nitrogens with one attached hydrogen (secondary N) is 1. The third-order valence-corrected chi connectivity index (χ3v) is 1.53. The molecular formula is C9H11N2O. The van der Waals surface area contributed by atoms with Crippen LogP contribution in [0.3, 0.4) is 0 Å². The van der Waals surface area contributed by atoms with Gasteiger partial charge in [-0.3, -0.25) is 4.90 Å². The summed E-state index contributed by atoms with van der Waals surface area (Å²) in [7, 11) is 5.17. The second-order valence-corrected chi connectivity index (χ2v) is 2.32. The van der Waals surface area contributed by atoms with E-state index in [0.29, 0.717) is 0 Å². The summed E-state index contributed by atoms with van der Waals surface area (Å²) in [5, 5.41) is 2.49. The van der Waals surface area contributed by atoms with Crippen molar-refractivity contribution in [3.05, 3.63) is 37.4 Å². The van der Waals surface area contributed by atoms with E-state index in [1.54, 1.807) is 7.05 Å². The van der Waals surface area contributed by atoms with E-state index in [1.807, 2.05) is 30.3 Å². The highest BCUT2D eigenvalue weighted by molar-refractivity contribution is 5.91. The Morgan fingerprint density at radius 2 is 2.00 bits per heavy atom. The fourth-order valence-corrected chi connectivity index (χ4v) is 0.860. The smallest absolute Gasteiger partial charge is 0.321 e. The predicted octanol–water partition coefficient (Wildman–Crippen LogP) is 1.62. The van der Waals surface area contributed by atoms with Gasteiger partial charge >= 0.3 is 6.03 Å². The first-order valence-electron chi connectivity index (χ1n) is 3.63. The van der Waals surface area contributed by atoms with Crippen molar-refractivity contribution >= 4 is 11.7 Å². The minimum absolute atomic E-state index is 0.221. The molecule has 0 aliphatic carbocycles. The molecule has 1 aromatic rings. The number of amides is 2. The van der Waals surface area contributed by atoms with Gasteiger partial charge in [-0.25, -0.2) is 4.79 Å². The van der Waals surface area contributed by atoms with E-state index in [0.717, 1.165) is 5.69 Å². The Balaban J connectivity index is 2.78. The molecular weight excluding hydrogens is 152 g/mol. The van der Waals surface area contributed by atoms with Crippen molar-refractivity contribution < 1.29 is 4.79 Å². The van der Waals surface area contributed by atoms with Gasteiger partial charge in [0.2, 0.25) is 0 Å². The van der Waals surface area contributed by atoms with Crippen LogP contribution < -0.4 is 10.2 Å². The van der Waals surface area contributed by atoms with E-state index in [2.05, 4.69) is 12.4 Å². The maximum absolute atomic E-state index is 11.1. The molecule has 0 heterocycles. The van der Waals surface area contributed by atoms with Gasteiger partial charge in [0.05, 0.1) is 0 Å². The summed E-state index contributed by atoms with van der Waals surface area (Å²) in [6.45, 7) is 0. The zero-order valence-electron chi connectivity index (χ0n) is 6.95. The number of hydrogen-bond acceptors (Lipinski definition) is 1. The van der Waals surface area contributed by atoms with Gasteiger partial charge in [-0.15, -0.1) is 0 Å². The van der Waals surface area contributed by atoms with E-state index in [9.17, 15) is 4.79 Å². The van der Waals surface area contributed by atoms with Crippen LogP contribution in [-0.2, 0) is 0 Å². The molecule has 2 amide bonds. The quantitative estimate of drug-likeness (QED) is 0.670. The van der Waals surface area contributed by atoms with Crippen LogP contribution in [0.2, 0.25) is 0 Å². The van der Waals surface area contributed by atoms with Crippen LogP contribution in [0.1, 0.15) is 0 Å². The zero-order valence-corrected chi connectivity index (χ0v) is 6.95. The molecule has 3 nitrogen and oxygen atoms in total. The first kappa shape index (κ1) is 8.59. The Labute approximate surface area is 72.0 Å². The van der Waals surface area contributed by atoms with Gasteiger partial charge in [-0.05, 0) is 12.1 Å². The molecule has 63 valence electrons. The highest BCUT2D eigenvalue weighted by Gasteiger charge is 2.06. The van der Waals surface area contributed by atoms with Gasteiger partial charge in [0.15, 0.2) is 0 Å². The molecule has 0 aromatic heterocycles. The van der Waals surface area contributed by atoms with Crippen LogP contribution >= 0.6 is 0 Å². The Hall–Kier alpha value is -1.51. The fraction of sp³-hybridized carbons (Fsp3) is 0.111. The molecule has 1 N–H and O–H groups in total. The number of anilines is 1. The Morgan fingerprint density at radius 3 is 2.50 bits per heavy atom. The van der Waals surface area contributed by atoms with Gasteiger partial charge in [0.1, 0.15) is 0 Å². The minimum Gasteiger partial charge on any atom is -0.341 e. The van der Waals surface area contributed by atoms with Gasteiger partial charge in [0.25, 0.3) is 0 Å². The lowest BCUT2D eigenvalue weighted by atomic mass is 10.3. The lowest BCUT2D eigenvalue weighted by molar-refractivity contribution is 0.250. The molecule has 0 bridgehead atoms. The van der Waals surface area contributed by atoms with Crippen LogP contribution in [0.25, 0.3) is 0 Å². The Kier molecular flexibility index (Phi) is 2.69. The molecule has 0 saturated carbocycles. The van der Waals surface area contributed by atoms with E-state index >= 15 is 0 Å². The number of benzene rings is 1. The molecule has 0 unspecified atom stereocenters. The van der Waals surface area contributed by atoms with Crippen molar-refractivity contribution in [1.82, 2.24) is 5.32 Å². The number of carbonyl (C=O) groups excluding carboxylic acids is 1. The topological polar surface area (TPSA) is 32.3 Å². The van der Waals surface area contributed by atoms with Crippen LogP contribution in [0.15, 0.2) is 30.3 Å². The first-order chi connectivity index (χ1) is 5.75. The van der Waals surface area contributed by atoms with Crippen LogP contribution in [0.5, 0.6) is 0 Å². The third-order valence-electron chi connectivity index (χ3n) is 1.53. The number of rotatable bonds is 1. The van der Waals surface area contributed by atoms with Crippen LogP contribution in [0.4, 0.5) is 10.5 Å². The molecule has 1 radical (unpaired) electrons. The molecule has 1 rings (SSSR count). The molecule has 0 fully saturated rings. The van der Waals surface area contributed by atoms with Gasteiger partial charge < -0.3 is 5.32 Å². The highest BCUT2D eigenvalue weighted by atomic mass is 16.2. The average Bonchev–Trinajstić information content (AvgIpc) is 2.17. The van der Waals surface area contributed by atoms with Crippen LogP contribution in [0, 0.1) is 7.05 Å². The molecule has 3 heteroatoms. The number of carbonyl (C=O) groups is 1. The van der Waals surface area contributed by atoms with E-state index in [1.165, 1.54) is 4.90 Å². The largest absolute Gasteiger partial charge is 0.341 e. The summed E-state index contributed by atoms with van der Waals surface area (Å²) in [6, 6.07) is 9.03. The second-order valence-electron chi connectivity index (χ2n) is 2.32. The van der Waals surface area contributed by atoms with E-state index in [-0.39, 0.29) is 6.03 Å². The Morgan fingerprint density at radius 1 is 1.42 bits per heavy atom.